The lowest BCUT2D eigenvalue weighted by Gasteiger charge is -2.20. The Hall–Kier alpha value is -1.69. The second-order valence-electron chi connectivity index (χ2n) is 6.10. The van der Waals surface area contributed by atoms with Crippen LogP contribution in [0.4, 0.5) is 0 Å². The quantitative estimate of drug-likeness (QED) is 0.899. The largest absolute Gasteiger partial charge is 0.353 e. The molecule has 6 heteroatoms. The van der Waals surface area contributed by atoms with E-state index in [9.17, 15) is 4.79 Å². The fraction of sp³-hybridized carbons (Fsp3) is 0.588. The highest BCUT2D eigenvalue weighted by molar-refractivity contribution is 7.13. The molecular weight excluding hydrogens is 310 g/mol. The van der Waals surface area contributed by atoms with E-state index in [2.05, 4.69) is 15.5 Å². The van der Waals surface area contributed by atoms with Crippen molar-refractivity contribution < 1.29 is 9.32 Å². The Bertz CT molecular complexity index is 601. The summed E-state index contributed by atoms with van der Waals surface area (Å²) in [6, 6.07) is 4.26. The van der Waals surface area contributed by atoms with E-state index in [0.29, 0.717) is 30.6 Å². The van der Waals surface area contributed by atoms with Gasteiger partial charge in [0.05, 0.1) is 4.88 Å². The molecule has 0 saturated heterocycles. The van der Waals surface area contributed by atoms with Crippen LogP contribution >= 0.6 is 11.3 Å². The second kappa shape index (κ2) is 8.24. The zero-order chi connectivity index (χ0) is 15.9. The molecule has 1 N–H and O–H groups in total. The summed E-state index contributed by atoms with van der Waals surface area (Å²) in [7, 11) is 0. The number of thiophene rings is 1. The van der Waals surface area contributed by atoms with Gasteiger partial charge < -0.3 is 9.84 Å². The molecule has 124 valence electrons. The van der Waals surface area contributed by atoms with Gasteiger partial charge in [-0.1, -0.05) is 43.3 Å². The molecule has 0 atom stereocenters. The van der Waals surface area contributed by atoms with Crippen LogP contribution in [0.1, 0.15) is 57.3 Å². The van der Waals surface area contributed by atoms with E-state index in [4.69, 9.17) is 4.52 Å². The molecular formula is C17H23N3O2S. The lowest BCUT2D eigenvalue weighted by Crippen LogP contribution is -2.35. The minimum Gasteiger partial charge on any atom is -0.353 e. The van der Waals surface area contributed by atoms with Gasteiger partial charge in [-0.2, -0.15) is 4.98 Å². The highest BCUT2D eigenvalue weighted by Crippen LogP contribution is 2.21. The number of amides is 1. The van der Waals surface area contributed by atoms with Crippen molar-refractivity contribution in [3.05, 3.63) is 23.4 Å². The molecule has 0 unspecified atom stereocenters. The highest BCUT2D eigenvalue weighted by Gasteiger charge is 2.15. The second-order valence-corrected chi connectivity index (χ2v) is 7.05. The Labute approximate surface area is 140 Å². The van der Waals surface area contributed by atoms with Gasteiger partial charge in [0, 0.05) is 18.9 Å². The van der Waals surface area contributed by atoms with Gasteiger partial charge in [0.1, 0.15) is 0 Å². The average Bonchev–Trinajstić information content (AvgIpc) is 3.18. The van der Waals surface area contributed by atoms with Crippen molar-refractivity contribution in [2.45, 2.75) is 63.8 Å². The van der Waals surface area contributed by atoms with Crippen LogP contribution in [0.2, 0.25) is 0 Å². The van der Waals surface area contributed by atoms with Crippen LogP contribution in [0.3, 0.4) is 0 Å². The van der Waals surface area contributed by atoms with Crippen LogP contribution in [0.5, 0.6) is 0 Å². The lowest BCUT2D eigenvalue weighted by molar-refractivity contribution is -0.122. The van der Waals surface area contributed by atoms with E-state index in [0.717, 1.165) is 17.7 Å². The Balaban J connectivity index is 1.45. The third-order valence-corrected chi connectivity index (χ3v) is 5.11. The molecule has 0 aromatic carbocycles. The predicted octanol–water partition coefficient (Wildman–Crippen LogP) is 3.96. The van der Waals surface area contributed by atoms with Gasteiger partial charge >= 0.3 is 0 Å². The molecule has 2 aromatic rings. The SMILES string of the molecule is O=C(CCc1nc(-c2cccs2)no1)NC1CCCCCCC1. The maximum absolute atomic E-state index is 12.1. The van der Waals surface area contributed by atoms with Crippen molar-refractivity contribution in [3.8, 4) is 10.7 Å². The fourth-order valence-electron chi connectivity index (χ4n) is 2.98. The molecule has 0 bridgehead atoms. The summed E-state index contributed by atoms with van der Waals surface area (Å²) in [5, 5.41) is 9.11. The topological polar surface area (TPSA) is 68.0 Å². The van der Waals surface area contributed by atoms with Crippen molar-refractivity contribution in [2.75, 3.05) is 0 Å². The molecule has 1 aliphatic rings. The average molecular weight is 333 g/mol. The Morgan fingerprint density at radius 2 is 2.04 bits per heavy atom. The first-order valence-electron chi connectivity index (χ1n) is 8.47. The van der Waals surface area contributed by atoms with E-state index in [1.807, 2.05) is 17.5 Å². The number of hydrogen-bond donors (Lipinski definition) is 1. The van der Waals surface area contributed by atoms with E-state index < -0.39 is 0 Å². The van der Waals surface area contributed by atoms with Gasteiger partial charge in [0.2, 0.25) is 17.6 Å². The van der Waals surface area contributed by atoms with Gasteiger partial charge in [0.25, 0.3) is 0 Å². The summed E-state index contributed by atoms with van der Waals surface area (Å²) in [5.41, 5.74) is 0. The zero-order valence-corrected chi connectivity index (χ0v) is 14.1. The standard InChI is InChI=1S/C17H23N3O2S/c21-15(18-13-7-4-2-1-3-5-8-13)10-11-16-19-17(20-22-16)14-9-6-12-23-14/h6,9,12-13H,1-5,7-8,10-11H2,(H,18,21). The molecule has 2 heterocycles. The number of rotatable bonds is 5. The maximum Gasteiger partial charge on any atom is 0.227 e. The number of carbonyl (C=O) groups excluding carboxylic acids is 1. The number of hydrogen-bond acceptors (Lipinski definition) is 5. The maximum atomic E-state index is 12.1. The number of nitrogens with zero attached hydrogens (tertiary/aromatic N) is 2. The van der Waals surface area contributed by atoms with Crippen molar-refractivity contribution in [3.63, 3.8) is 0 Å². The van der Waals surface area contributed by atoms with Crippen LogP contribution in [-0.2, 0) is 11.2 Å². The first-order chi connectivity index (χ1) is 11.3. The molecule has 5 nitrogen and oxygen atoms in total. The van der Waals surface area contributed by atoms with E-state index in [1.165, 1.54) is 32.1 Å². The fourth-order valence-corrected chi connectivity index (χ4v) is 3.63. The summed E-state index contributed by atoms with van der Waals surface area (Å²) >= 11 is 1.58. The number of aryl methyl sites for hydroxylation is 1. The number of aromatic nitrogens is 2. The van der Waals surface area contributed by atoms with Crippen LogP contribution < -0.4 is 5.32 Å². The van der Waals surface area contributed by atoms with Gasteiger partial charge in [-0.25, -0.2) is 0 Å². The molecule has 3 rings (SSSR count). The summed E-state index contributed by atoms with van der Waals surface area (Å²) in [6.07, 6.45) is 9.48. The highest BCUT2D eigenvalue weighted by atomic mass is 32.1. The van der Waals surface area contributed by atoms with Crippen LogP contribution in [0.15, 0.2) is 22.0 Å². The molecule has 1 fully saturated rings. The molecule has 1 aliphatic carbocycles. The molecule has 2 aromatic heterocycles. The van der Waals surface area contributed by atoms with Gasteiger partial charge in [-0.05, 0) is 24.3 Å². The minimum absolute atomic E-state index is 0.0893. The van der Waals surface area contributed by atoms with Crippen molar-refractivity contribution >= 4 is 17.2 Å². The molecule has 1 amide bonds. The first kappa shape index (κ1) is 16.2. The number of carbonyl (C=O) groups is 1. The Morgan fingerprint density at radius 3 is 2.78 bits per heavy atom. The van der Waals surface area contributed by atoms with E-state index in [1.54, 1.807) is 11.3 Å². The third-order valence-electron chi connectivity index (χ3n) is 4.25. The van der Waals surface area contributed by atoms with Gasteiger partial charge in [-0.3, -0.25) is 4.79 Å². The summed E-state index contributed by atoms with van der Waals surface area (Å²) < 4.78 is 5.23. The normalized spacial score (nSPS) is 16.7. The lowest BCUT2D eigenvalue weighted by atomic mass is 9.96. The number of nitrogens with one attached hydrogen (secondary N) is 1. The van der Waals surface area contributed by atoms with Crippen LogP contribution in [0.25, 0.3) is 10.7 Å². The summed E-state index contributed by atoms with van der Waals surface area (Å²) in [5.74, 6) is 1.23. The van der Waals surface area contributed by atoms with E-state index >= 15 is 0 Å². The van der Waals surface area contributed by atoms with E-state index in [-0.39, 0.29) is 5.91 Å². The zero-order valence-electron chi connectivity index (χ0n) is 13.3. The molecule has 1 saturated carbocycles. The van der Waals surface area contributed by atoms with Gasteiger partial charge in [0.15, 0.2) is 0 Å². The predicted molar refractivity (Wildman–Crippen MR) is 90.2 cm³/mol. The first-order valence-corrected chi connectivity index (χ1v) is 9.35. The Kier molecular flexibility index (Phi) is 5.80. The Morgan fingerprint density at radius 1 is 1.26 bits per heavy atom. The van der Waals surface area contributed by atoms with Crippen molar-refractivity contribution in [1.29, 1.82) is 0 Å². The van der Waals surface area contributed by atoms with Crippen molar-refractivity contribution in [2.24, 2.45) is 0 Å². The molecule has 0 aliphatic heterocycles. The molecule has 0 spiro atoms. The van der Waals surface area contributed by atoms with Crippen molar-refractivity contribution in [1.82, 2.24) is 15.5 Å². The molecule has 0 radical (unpaired) electrons. The minimum atomic E-state index is 0.0893. The van der Waals surface area contributed by atoms with Crippen LogP contribution in [0, 0.1) is 0 Å². The smallest absolute Gasteiger partial charge is 0.227 e. The monoisotopic (exact) mass is 333 g/mol. The third kappa shape index (κ3) is 4.89. The molecule has 23 heavy (non-hydrogen) atoms. The van der Waals surface area contributed by atoms with Crippen LogP contribution in [-0.4, -0.2) is 22.1 Å². The summed E-state index contributed by atoms with van der Waals surface area (Å²) in [4.78, 5) is 17.5. The van der Waals surface area contributed by atoms with Gasteiger partial charge in [-0.15, -0.1) is 11.3 Å². The summed E-state index contributed by atoms with van der Waals surface area (Å²) in [6.45, 7) is 0.